The van der Waals surface area contributed by atoms with E-state index in [0.29, 0.717) is 6.04 Å². The molecule has 1 N–H and O–H groups in total. The third-order valence-corrected chi connectivity index (χ3v) is 3.14. The molecule has 20 heavy (non-hydrogen) atoms. The van der Waals surface area contributed by atoms with Gasteiger partial charge >= 0.3 is 0 Å². The summed E-state index contributed by atoms with van der Waals surface area (Å²) in [4.78, 5) is 7.07. The predicted molar refractivity (Wildman–Crippen MR) is 83.7 cm³/mol. The van der Waals surface area contributed by atoms with Crippen molar-refractivity contribution >= 4 is 0 Å². The number of hydrogen-bond donors (Lipinski definition) is 1. The smallest absolute Gasteiger partial charge is 0.0593 e. The van der Waals surface area contributed by atoms with E-state index in [2.05, 4.69) is 49.2 Å². The SMILES string of the molecule is CCOCCN(CC)Cc1cccc(CNC(C)C)n1. The van der Waals surface area contributed by atoms with Crippen LogP contribution in [0.5, 0.6) is 0 Å². The maximum absolute atomic E-state index is 5.42. The van der Waals surface area contributed by atoms with E-state index in [4.69, 9.17) is 9.72 Å². The van der Waals surface area contributed by atoms with Gasteiger partial charge in [-0.3, -0.25) is 9.88 Å². The van der Waals surface area contributed by atoms with Crippen molar-refractivity contribution in [1.82, 2.24) is 15.2 Å². The first kappa shape index (κ1) is 17.1. The predicted octanol–water partition coefficient (Wildman–Crippen LogP) is 2.44. The Bertz CT molecular complexity index is 368. The Morgan fingerprint density at radius 1 is 1.25 bits per heavy atom. The normalized spacial score (nSPS) is 11.5. The number of ether oxygens (including phenoxy) is 1. The van der Waals surface area contributed by atoms with E-state index in [9.17, 15) is 0 Å². The van der Waals surface area contributed by atoms with Crippen LogP contribution in [0.2, 0.25) is 0 Å². The molecule has 1 aromatic heterocycles. The van der Waals surface area contributed by atoms with Crippen LogP contribution in [0.1, 0.15) is 39.1 Å². The van der Waals surface area contributed by atoms with E-state index >= 15 is 0 Å². The molecule has 0 unspecified atom stereocenters. The topological polar surface area (TPSA) is 37.4 Å². The number of nitrogens with one attached hydrogen (secondary N) is 1. The zero-order valence-electron chi connectivity index (χ0n) is 13.4. The van der Waals surface area contributed by atoms with Gasteiger partial charge < -0.3 is 10.1 Å². The van der Waals surface area contributed by atoms with E-state index < -0.39 is 0 Å². The molecule has 114 valence electrons. The number of rotatable bonds is 10. The molecule has 1 rings (SSSR count). The molecule has 0 aliphatic heterocycles. The number of nitrogens with zero attached hydrogens (tertiary/aromatic N) is 2. The minimum Gasteiger partial charge on any atom is -0.380 e. The second-order valence-corrected chi connectivity index (χ2v) is 5.22. The summed E-state index contributed by atoms with van der Waals surface area (Å²) < 4.78 is 5.42. The number of hydrogen-bond acceptors (Lipinski definition) is 4. The molecule has 4 heteroatoms. The highest BCUT2D eigenvalue weighted by atomic mass is 16.5. The first-order valence-corrected chi connectivity index (χ1v) is 7.64. The molecular formula is C16H29N3O. The Balaban J connectivity index is 2.50. The van der Waals surface area contributed by atoms with Crippen LogP contribution in [0.15, 0.2) is 18.2 Å². The summed E-state index contributed by atoms with van der Waals surface area (Å²) in [5.74, 6) is 0. The standard InChI is InChI=1S/C16H29N3O/c1-5-19(10-11-20-6-2)13-16-9-7-8-15(18-16)12-17-14(3)4/h7-9,14,17H,5-6,10-13H2,1-4H3. The molecule has 0 bridgehead atoms. The molecule has 0 radical (unpaired) electrons. The monoisotopic (exact) mass is 279 g/mol. The van der Waals surface area contributed by atoms with Crippen molar-refractivity contribution < 1.29 is 4.74 Å². The van der Waals surface area contributed by atoms with Crippen molar-refractivity contribution in [3.63, 3.8) is 0 Å². The van der Waals surface area contributed by atoms with Gasteiger partial charge in [0.05, 0.1) is 18.0 Å². The minimum atomic E-state index is 0.485. The van der Waals surface area contributed by atoms with Crippen LogP contribution in [0.4, 0.5) is 0 Å². The third kappa shape index (κ3) is 6.98. The van der Waals surface area contributed by atoms with Crippen LogP contribution >= 0.6 is 0 Å². The first-order chi connectivity index (χ1) is 9.65. The van der Waals surface area contributed by atoms with Crippen molar-refractivity contribution in [2.75, 3.05) is 26.3 Å². The lowest BCUT2D eigenvalue weighted by atomic mass is 10.2. The quantitative estimate of drug-likeness (QED) is 0.668. The fraction of sp³-hybridized carbons (Fsp3) is 0.688. The van der Waals surface area contributed by atoms with Crippen LogP contribution in [0, 0.1) is 0 Å². The molecule has 0 aliphatic carbocycles. The highest BCUT2D eigenvalue weighted by molar-refractivity contribution is 5.11. The molecule has 0 amide bonds. The van der Waals surface area contributed by atoms with Crippen molar-refractivity contribution in [1.29, 1.82) is 0 Å². The van der Waals surface area contributed by atoms with Gasteiger partial charge in [-0.25, -0.2) is 0 Å². The Labute approximate surface area is 123 Å². The molecular weight excluding hydrogens is 250 g/mol. The lowest BCUT2D eigenvalue weighted by Crippen LogP contribution is -2.28. The molecule has 0 atom stereocenters. The van der Waals surface area contributed by atoms with Gasteiger partial charge in [0.25, 0.3) is 0 Å². The number of likely N-dealkylation sites (N-methyl/N-ethyl adjacent to an activating group) is 1. The summed E-state index contributed by atoms with van der Waals surface area (Å²) in [6, 6.07) is 6.76. The summed E-state index contributed by atoms with van der Waals surface area (Å²) in [5, 5.41) is 3.40. The Hall–Kier alpha value is -0.970. The Kier molecular flexibility index (Phi) is 8.42. The number of pyridine rings is 1. The zero-order chi connectivity index (χ0) is 14.8. The number of aromatic nitrogens is 1. The van der Waals surface area contributed by atoms with Gasteiger partial charge in [-0.2, -0.15) is 0 Å². The summed E-state index contributed by atoms with van der Waals surface area (Å²) in [5.41, 5.74) is 2.24. The van der Waals surface area contributed by atoms with Gasteiger partial charge in [-0.15, -0.1) is 0 Å². The van der Waals surface area contributed by atoms with Gasteiger partial charge in [0.2, 0.25) is 0 Å². The largest absolute Gasteiger partial charge is 0.380 e. The van der Waals surface area contributed by atoms with Gasteiger partial charge in [-0.05, 0) is 25.6 Å². The summed E-state index contributed by atoms with van der Waals surface area (Å²) >= 11 is 0. The lowest BCUT2D eigenvalue weighted by molar-refractivity contribution is 0.112. The molecule has 0 spiro atoms. The summed E-state index contributed by atoms with van der Waals surface area (Å²) in [6.07, 6.45) is 0. The molecule has 0 fully saturated rings. The van der Waals surface area contributed by atoms with Crippen LogP contribution in [-0.4, -0.2) is 42.2 Å². The van der Waals surface area contributed by atoms with Crippen molar-refractivity contribution in [2.24, 2.45) is 0 Å². The maximum atomic E-state index is 5.42. The third-order valence-electron chi connectivity index (χ3n) is 3.14. The lowest BCUT2D eigenvalue weighted by Gasteiger charge is -2.20. The highest BCUT2D eigenvalue weighted by Gasteiger charge is 2.05. The van der Waals surface area contributed by atoms with Crippen LogP contribution < -0.4 is 5.32 Å². The van der Waals surface area contributed by atoms with Gasteiger partial charge in [0.15, 0.2) is 0 Å². The molecule has 1 aromatic rings. The Morgan fingerprint density at radius 2 is 2.00 bits per heavy atom. The van der Waals surface area contributed by atoms with E-state index in [-0.39, 0.29) is 0 Å². The molecule has 0 saturated carbocycles. The van der Waals surface area contributed by atoms with Gasteiger partial charge in [-0.1, -0.05) is 26.8 Å². The molecule has 0 aromatic carbocycles. The van der Waals surface area contributed by atoms with Crippen molar-refractivity contribution in [3.8, 4) is 0 Å². The van der Waals surface area contributed by atoms with Gasteiger partial charge in [0, 0.05) is 32.3 Å². The van der Waals surface area contributed by atoms with Crippen LogP contribution in [0.3, 0.4) is 0 Å². The van der Waals surface area contributed by atoms with E-state index in [1.807, 2.05) is 6.92 Å². The highest BCUT2D eigenvalue weighted by Crippen LogP contribution is 2.04. The van der Waals surface area contributed by atoms with Gasteiger partial charge in [0.1, 0.15) is 0 Å². The summed E-state index contributed by atoms with van der Waals surface area (Å²) in [7, 11) is 0. The van der Waals surface area contributed by atoms with E-state index in [0.717, 1.165) is 50.8 Å². The minimum absolute atomic E-state index is 0.485. The van der Waals surface area contributed by atoms with Crippen molar-refractivity contribution in [2.45, 2.75) is 46.8 Å². The zero-order valence-corrected chi connectivity index (χ0v) is 13.4. The fourth-order valence-electron chi connectivity index (χ4n) is 1.94. The van der Waals surface area contributed by atoms with E-state index in [1.54, 1.807) is 0 Å². The summed E-state index contributed by atoms with van der Waals surface area (Å²) in [6.45, 7) is 13.8. The van der Waals surface area contributed by atoms with Crippen molar-refractivity contribution in [3.05, 3.63) is 29.6 Å². The average molecular weight is 279 g/mol. The Morgan fingerprint density at radius 3 is 2.65 bits per heavy atom. The molecule has 0 saturated heterocycles. The molecule has 0 aliphatic rings. The van der Waals surface area contributed by atoms with E-state index in [1.165, 1.54) is 0 Å². The average Bonchev–Trinajstić information content (AvgIpc) is 2.44. The maximum Gasteiger partial charge on any atom is 0.0593 e. The second-order valence-electron chi connectivity index (χ2n) is 5.22. The second kappa shape index (κ2) is 9.86. The molecule has 1 heterocycles. The first-order valence-electron chi connectivity index (χ1n) is 7.64. The fourth-order valence-corrected chi connectivity index (χ4v) is 1.94. The van der Waals surface area contributed by atoms with Crippen LogP contribution in [0.25, 0.3) is 0 Å². The van der Waals surface area contributed by atoms with Crippen LogP contribution in [-0.2, 0) is 17.8 Å². The molecule has 4 nitrogen and oxygen atoms in total.